The first-order valence-electron chi connectivity index (χ1n) is 10.6. The Morgan fingerprint density at radius 2 is 1.72 bits per heavy atom. The van der Waals surface area contributed by atoms with E-state index in [1.807, 2.05) is 0 Å². The van der Waals surface area contributed by atoms with Crippen LogP contribution in [0.1, 0.15) is 30.9 Å². The molecule has 1 aromatic heterocycles. The molecule has 1 atom stereocenters. The second kappa shape index (κ2) is 10.7. The van der Waals surface area contributed by atoms with Crippen molar-refractivity contribution in [2.45, 2.75) is 38.6 Å². The van der Waals surface area contributed by atoms with Crippen LogP contribution in [0.25, 0.3) is 0 Å². The third kappa shape index (κ3) is 5.40. The summed E-state index contributed by atoms with van der Waals surface area (Å²) in [5, 5.41) is 1.76. The summed E-state index contributed by atoms with van der Waals surface area (Å²) in [6.07, 6.45) is -2.74. The maximum absolute atomic E-state index is 15.3. The predicted octanol–water partition coefficient (Wildman–Crippen LogP) is 5.29. The minimum Gasteiger partial charge on any atom is -0.466 e. The third-order valence-electron chi connectivity index (χ3n) is 5.35. The topological polar surface area (TPSA) is 69.6 Å². The molecular formula is C24H22ClF5N2O4. The average molecular weight is 533 g/mol. The highest BCUT2D eigenvalue weighted by Crippen LogP contribution is 2.48. The number of carbonyl (C=O) groups excluding carboxylic acids is 2. The lowest BCUT2D eigenvalue weighted by molar-refractivity contribution is -0.144. The van der Waals surface area contributed by atoms with Gasteiger partial charge in [0.05, 0.1) is 53.1 Å². The highest BCUT2D eigenvalue weighted by atomic mass is 35.5. The van der Waals surface area contributed by atoms with Gasteiger partial charge in [-0.25, -0.2) is 18.4 Å². The lowest BCUT2D eigenvalue weighted by Crippen LogP contribution is -2.37. The maximum atomic E-state index is 15.3. The molecule has 36 heavy (non-hydrogen) atoms. The van der Waals surface area contributed by atoms with Gasteiger partial charge >= 0.3 is 18.1 Å². The fourth-order valence-corrected chi connectivity index (χ4v) is 4.27. The average Bonchev–Trinajstić information content (AvgIpc) is 3.30. The Balaban J connectivity index is 2.45. The molecule has 6 nitrogen and oxygen atoms in total. The number of hydrogen-bond acceptors (Lipinski definition) is 5. The quantitative estimate of drug-likeness (QED) is 0.388. The van der Waals surface area contributed by atoms with Gasteiger partial charge in [0.2, 0.25) is 0 Å². The molecule has 1 unspecified atom stereocenters. The predicted molar refractivity (Wildman–Crippen MR) is 120 cm³/mol. The SMILES string of the molecule is COC(=O)C1=C(CF)NC(Cn2cccc2)=C(C(=O)OC(C)C)C1c1c(F)ccc(Cl)c1C(F)(F)F. The Kier molecular flexibility index (Phi) is 8.12. The van der Waals surface area contributed by atoms with Crippen LogP contribution in [-0.2, 0) is 31.8 Å². The molecule has 0 saturated carbocycles. The number of benzene rings is 1. The zero-order valence-electron chi connectivity index (χ0n) is 19.4. The molecule has 1 aliphatic rings. The van der Waals surface area contributed by atoms with Crippen molar-refractivity contribution in [1.82, 2.24) is 9.88 Å². The van der Waals surface area contributed by atoms with Crippen LogP contribution in [0.5, 0.6) is 0 Å². The highest BCUT2D eigenvalue weighted by Gasteiger charge is 2.47. The minimum atomic E-state index is -5.19. The first kappa shape index (κ1) is 27.3. The smallest absolute Gasteiger partial charge is 0.418 e. The number of halogens is 6. The van der Waals surface area contributed by atoms with Gasteiger partial charge < -0.3 is 19.4 Å². The number of esters is 2. The van der Waals surface area contributed by atoms with Crippen LogP contribution in [0.3, 0.4) is 0 Å². The zero-order chi connectivity index (χ0) is 26.8. The van der Waals surface area contributed by atoms with Gasteiger partial charge in [0.1, 0.15) is 12.5 Å². The summed E-state index contributed by atoms with van der Waals surface area (Å²) in [6.45, 7) is 1.49. The van der Waals surface area contributed by atoms with Crippen molar-refractivity contribution in [2.24, 2.45) is 0 Å². The van der Waals surface area contributed by atoms with E-state index in [-0.39, 0.29) is 12.2 Å². The lowest BCUT2D eigenvalue weighted by Gasteiger charge is -2.33. The summed E-state index contributed by atoms with van der Waals surface area (Å²) < 4.78 is 83.5. The molecule has 0 radical (unpaired) electrons. The van der Waals surface area contributed by atoms with Gasteiger partial charge in [0, 0.05) is 23.7 Å². The Bertz CT molecular complexity index is 1220. The maximum Gasteiger partial charge on any atom is 0.418 e. The molecule has 1 aliphatic heterocycles. The molecule has 2 aromatic rings. The molecule has 0 fully saturated rings. The molecule has 3 rings (SSSR count). The number of alkyl halides is 4. The summed E-state index contributed by atoms with van der Waals surface area (Å²) in [6, 6.07) is 4.68. The van der Waals surface area contributed by atoms with Crippen LogP contribution < -0.4 is 5.32 Å². The van der Waals surface area contributed by atoms with Crippen LogP contribution in [0.15, 0.2) is 59.2 Å². The van der Waals surface area contributed by atoms with Crippen molar-refractivity contribution in [3.8, 4) is 0 Å². The van der Waals surface area contributed by atoms with E-state index in [2.05, 4.69) is 5.32 Å². The number of nitrogens with one attached hydrogen (secondary N) is 1. The number of ether oxygens (including phenoxy) is 2. The molecule has 0 bridgehead atoms. The van der Waals surface area contributed by atoms with Gasteiger partial charge in [-0.2, -0.15) is 13.2 Å². The lowest BCUT2D eigenvalue weighted by atomic mass is 9.77. The summed E-state index contributed by atoms with van der Waals surface area (Å²) in [5.41, 5.74) is -4.52. The fraction of sp³-hybridized carbons (Fsp3) is 0.333. The summed E-state index contributed by atoms with van der Waals surface area (Å²) in [7, 11) is 0.923. The molecule has 194 valence electrons. The van der Waals surface area contributed by atoms with Crippen molar-refractivity contribution >= 4 is 23.5 Å². The zero-order valence-corrected chi connectivity index (χ0v) is 20.1. The monoisotopic (exact) mass is 532 g/mol. The second-order valence-corrected chi connectivity index (χ2v) is 8.50. The number of nitrogens with zero attached hydrogens (tertiary/aromatic N) is 1. The van der Waals surface area contributed by atoms with Crippen LogP contribution >= 0.6 is 11.6 Å². The summed E-state index contributed by atoms with van der Waals surface area (Å²) >= 11 is 5.85. The van der Waals surface area contributed by atoms with Gasteiger partial charge in [-0.3, -0.25) is 0 Å². The van der Waals surface area contributed by atoms with E-state index >= 15 is 4.39 Å². The molecule has 0 aliphatic carbocycles. The van der Waals surface area contributed by atoms with E-state index in [4.69, 9.17) is 21.1 Å². The van der Waals surface area contributed by atoms with E-state index in [1.54, 1.807) is 29.1 Å². The molecule has 2 heterocycles. The standard InChI is InChI=1S/C24H22ClF5N2O4/c1-12(2)36-23(34)19-16(11-32-8-4-5-9-32)31-15(10-26)18(22(33)35-3)20(19)17-14(27)7-6-13(25)21(17)24(28,29)30/h4-9,12,20,31H,10-11H2,1-3H3. The molecule has 1 aromatic carbocycles. The number of rotatable bonds is 7. The van der Waals surface area contributed by atoms with E-state index in [9.17, 15) is 27.2 Å². The minimum absolute atomic E-state index is 0.0883. The fourth-order valence-electron chi connectivity index (χ4n) is 3.99. The Morgan fingerprint density at radius 1 is 1.11 bits per heavy atom. The van der Waals surface area contributed by atoms with Crippen molar-refractivity contribution in [3.05, 3.63) is 81.2 Å². The summed E-state index contributed by atoms with van der Waals surface area (Å²) in [5.74, 6) is -5.84. The van der Waals surface area contributed by atoms with E-state index < -0.39 is 75.6 Å². The first-order valence-corrected chi connectivity index (χ1v) is 11.0. The van der Waals surface area contributed by atoms with Crippen LogP contribution in [0.2, 0.25) is 5.02 Å². The van der Waals surface area contributed by atoms with Crippen molar-refractivity contribution in [3.63, 3.8) is 0 Å². The molecule has 1 N–H and O–H groups in total. The van der Waals surface area contributed by atoms with E-state index in [0.717, 1.165) is 7.11 Å². The van der Waals surface area contributed by atoms with Crippen molar-refractivity contribution in [2.75, 3.05) is 13.8 Å². The van der Waals surface area contributed by atoms with Crippen LogP contribution in [0, 0.1) is 5.82 Å². The molecular weight excluding hydrogens is 511 g/mol. The number of allylic oxidation sites excluding steroid dienone is 2. The van der Waals surface area contributed by atoms with Crippen molar-refractivity contribution in [1.29, 1.82) is 0 Å². The van der Waals surface area contributed by atoms with Crippen LogP contribution in [-0.4, -0.2) is 36.4 Å². The van der Waals surface area contributed by atoms with Gasteiger partial charge in [0.15, 0.2) is 0 Å². The number of aromatic nitrogens is 1. The largest absolute Gasteiger partial charge is 0.466 e. The van der Waals surface area contributed by atoms with E-state index in [0.29, 0.717) is 12.1 Å². The number of hydrogen-bond donors (Lipinski definition) is 1. The number of dihydropyridines is 1. The normalized spacial score (nSPS) is 16.3. The van der Waals surface area contributed by atoms with Gasteiger partial charge in [-0.05, 0) is 38.1 Å². The highest BCUT2D eigenvalue weighted by molar-refractivity contribution is 6.31. The molecule has 0 saturated heterocycles. The molecule has 12 heteroatoms. The summed E-state index contributed by atoms with van der Waals surface area (Å²) in [4.78, 5) is 26.1. The van der Waals surface area contributed by atoms with Gasteiger partial charge in [-0.1, -0.05) is 11.6 Å². The Hall–Kier alpha value is -3.34. The van der Waals surface area contributed by atoms with Gasteiger partial charge in [-0.15, -0.1) is 0 Å². The number of methoxy groups -OCH3 is 1. The molecule has 0 amide bonds. The first-order chi connectivity index (χ1) is 16.9. The van der Waals surface area contributed by atoms with Gasteiger partial charge in [0.25, 0.3) is 0 Å². The third-order valence-corrected chi connectivity index (χ3v) is 5.67. The second-order valence-electron chi connectivity index (χ2n) is 8.09. The Labute approximate surface area is 208 Å². The Morgan fingerprint density at radius 3 is 2.25 bits per heavy atom. The number of carbonyl (C=O) groups is 2. The van der Waals surface area contributed by atoms with Crippen molar-refractivity contribution < 1.29 is 41.0 Å². The van der Waals surface area contributed by atoms with E-state index in [1.165, 1.54) is 13.8 Å². The van der Waals surface area contributed by atoms with Crippen LogP contribution in [0.4, 0.5) is 22.0 Å². The molecule has 0 spiro atoms.